The maximum atomic E-state index is 13.9. The summed E-state index contributed by atoms with van der Waals surface area (Å²) in [6, 6.07) is 6.01. The Morgan fingerprint density at radius 1 is 1.22 bits per heavy atom. The molecule has 1 aliphatic carbocycles. The lowest BCUT2D eigenvalue weighted by atomic mass is 10.2. The van der Waals surface area contributed by atoms with Crippen LogP contribution in [0.1, 0.15) is 47.4 Å². The normalized spacial score (nSPS) is 19.6. The van der Waals surface area contributed by atoms with Crippen LogP contribution in [-0.4, -0.2) is 49.0 Å². The van der Waals surface area contributed by atoms with Gasteiger partial charge in [-0.25, -0.2) is 9.07 Å². The van der Waals surface area contributed by atoms with Crippen molar-refractivity contribution in [1.82, 2.24) is 30.0 Å². The van der Waals surface area contributed by atoms with E-state index in [2.05, 4.69) is 20.5 Å². The van der Waals surface area contributed by atoms with Crippen LogP contribution in [0.2, 0.25) is 0 Å². The third-order valence-electron chi connectivity index (χ3n) is 5.04. The maximum Gasteiger partial charge on any atom is 0.280 e. The highest BCUT2D eigenvalue weighted by molar-refractivity contribution is 5.94. The molecule has 0 unspecified atom stereocenters. The van der Waals surface area contributed by atoms with Gasteiger partial charge in [0.15, 0.2) is 11.5 Å². The van der Waals surface area contributed by atoms with Crippen LogP contribution < -0.4 is 0 Å². The van der Waals surface area contributed by atoms with Crippen molar-refractivity contribution in [3.8, 4) is 11.6 Å². The number of benzene rings is 1. The molecule has 2 aromatic heterocycles. The Morgan fingerprint density at radius 2 is 2.07 bits per heavy atom. The third-order valence-corrected chi connectivity index (χ3v) is 5.04. The first kappa shape index (κ1) is 16.1. The smallest absolute Gasteiger partial charge is 0.280 e. The van der Waals surface area contributed by atoms with Crippen LogP contribution in [0.3, 0.4) is 0 Å². The Kier molecular flexibility index (Phi) is 3.73. The zero-order valence-corrected chi connectivity index (χ0v) is 14.5. The summed E-state index contributed by atoms with van der Waals surface area (Å²) >= 11 is 0. The summed E-state index contributed by atoms with van der Waals surface area (Å²) in [5.41, 5.74) is 0.615. The summed E-state index contributed by atoms with van der Waals surface area (Å²) in [6.45, 7) is 0.993. The zero-order valence-electron chi connectivity index (χ0n) is 14.5. The lowest BCUT2D eigenvalue weighted by Gasteiger charge is -2.16. The number of rotatable bonds is 4. The molecule has 2 fully saturated rings. The number of nitrogens with zero attached hydrogens (tertiary/aromatic N) is 6. The Hall–Kier alpha value is -3.10. The second-order valence-electron chi connectivity index (χ2n) is 6.99. The third kappa shape index (κ3) is 2.98. The number of hydrogen-bond donors (Lipinski definition) is 0. The van der Waals surface area contributed by atoms with Crippen LogP contribution in [0.4, 0.5) is 4.39 Å². The first-order valence-electron chi connectivity index (χ1n) is 8.98. The van der Waals surface area contributed by atoms with Crippen LogP contribution >= 0.6 is 0 Å². The molecule has 1 saturated heterocycles. The number of amides is 1. The average Bonchev–Trinajstić information content (AvgIpc) is 3.09. The number of carbonyl (C=O) groups is 1. The summed E-state index contributed by atoms with van der Waals surface area (Å²) in [5, 5.41) is 12.3. The first-order valence-corrected chi connectivity index (χ1v) is 8.98. The largest absolute Gasteiger partial charge is 0.336 e. The van der Waals surface area contributed by atoms with E-state index >= 15 is 0 Å². The van der Waals surface area contributed by atoms with E-state index in [9.17, 15) is 9.18 Å². The summed E-state index contributed by atoms with van der Waals surface area (Å²) in [5.74, 6) is 0.687. The van der Waals surface area contributed by atoms with Gasteiger partial charge in [-0.15, -0.1) is 5.10 Å². The molecule has 8 nitrogen and oxygen atoms in total. The lowest BCUT2D eigenvalue weighted by Crippen LogP contribution is -2.29. The van der Waals surface area contributed by atoms with Gasteiger partial charge in [-0.05, 0) is 31.4 Å². The second kappa shape index (κ2) is 6.26. The standard InChI is InChI=1S/C18H17FN6O2/c19-14-4-2-1-3-13(14)18(26)24-8-7-12(9-24)25-10-15(21-23-25)17-20-16(22-27-17)11-5-6-11/h1-4,10-12H,5-9H2/t12-/m1/s1. The summed E-state index contributed by atoms with van der Waals surface area (Å²) in [4.78, 5) is 18.6. The molecule has 5 rings (SSSR count). The monoisotopic (exact) mass is 368 g/mol. The SMILES string of the molecule is O=C(c1ccccc1F)N1CC[C@@H](n2cc(-c3nc(C4CC4)no3)nn2)C1. The molecule has 0 bridgehead atoms. The number of aromatic nitrogens is 5. The summed E-state index contributed by atoms with van der Waals surface area (Å²) in [6.07, 6.45) is 4.67. The van der Waals surface area contributed by atoms with Gasteiger partial charge in [0.2, 0.25) is 0 Å². The fraction of sp³-hybridized carbons (Fsp3) is 0.389. The van der Waals surface area contributed by atoms with Crippen LogP contribution in [-0.2, 0) is 0 Å². The Balaban J connectivity index is 1.29. The van der Waals surface area contributed by atoms with Gasteiger partial charge in [-0.1, -0.05) is 22.5 Å². The van der Waals surface area contributed by atoms with E-state index in [4.69, 9.17) is 4.52 Å². The lowest BCUT2D eigenvalue weighted by molar-refractivity contribution is 0.0782. The summed E-state index contributed by atoms with van der Waals surface area (Å²) < 4.78 is 20.9. The molecule has 138 valence electrons. The van der Waals surface area contributed by atoms with Crippen LogP contribution in [0, 0.1) is 5.82 Å². The number of carbonyl (C=O) groups excluding carboxylic acids is 1. The molecule has 0 radical (unpaired) electrons. The van der Waals surface area contributed by atoms with E-state index in [1.54, 1.807) is 27.9 Å². The predicted molar refractivity (Wildman–Crippen MR) is 91.2 cm³/mol. The molecular formula is C18H17FN6O2. The minimum Gasteiger partial charge on any atom is -0.336 e. The van der Waals surface area contributed by atoms with Gasteiger partial charge in [0.1, 0.15) is 5.82 Å². The summed E-state index contributed by atoms with van der Waals surface area (Å²) in [7, 11) is 0. The van der Waals surface area contributed by atoms with Crippen molar-refractivity contribution in [1.29, 1.82) is 0 Å². The molecule has 2 aliphatic rings. The first-order chi connectivity index (χ1) is 13.2. The zero-order chi connectivity index (χ0) is 18.4. The van der Waals surface area contributed by atoms with Crippen LogP contribution in [0.5, 0.6) is 0 Å². The highest BCUT2D eigenvalue weighted by Crippen LogP contribution is 2.38. The van der Waals surface area contributed by atoms with E-state index in [1.807, 2.05) is 0 Å². The Bertz CT molecular complexity index is 995. The topological polar surface area (TPSA) is 89.9 Å². The average molecular weight is 368 g/mol. The van der Waals surface area contributed by atoms with Gasteiger partial charge in [0.05, 0.1) is 17.8 Å². The van der Waals surface area contributed by atoms with Crippen molar-refractivity contribution in [3.63, 3.8) is 0 Å². The van der Waals surface area contributed by atoms with Crippen LogP contribution in [0.15, 0.2) is 35.0 Å². The van der Waals surface area contributed by atoms with Gasteiger partial charge in [-0.2, -0.15) is 4.98 Å². The molecule has 27 heavy (non-hydrogen) atoms. The molecular weight excluding hydrogens is 351 g/mol. The Morgan fingerprint density at radius 3 is 2.89 bits per heavy atom. The van der Waals surface area contributed by atoms with Gasteiger partial charge < -0.3 is 9.42 Å². The van der Waals surface area contributed by atoms with E-state index in [-0.39, 0.29) is 17.5 Å². The van der Waals surface area contributed by atoms with Crippen molar-refractivity contribution in [2.24, 2.45) is 0 Å². The molecule has 9 heteroatoms. The highest BCUT2D eigenvalue weighted by Gasteiger charge is 2.31. The van der Waals surface area contributed by atoms with E-state index < -0.39 is 5.82 Å². The molecule has 1 atom stereocenters. The number of likely N-dealkylation sites (tertiary alicyclic amines) is 1. The fourth-order valence-corrected chi connectivity index (χ4v) is 3.35. The fourth-order valence-electron chi connectivity index (χ4n) is 3.35. The van der Waals surface area contributed by atoms with Gasteiger partial charge in [0, 0.05) is 19.0 Å². The van der Waals surface area contributed by atoms with Gasteiger partial charge >= 0.3 is 0 Å². The Labute approximate surface area is 154 Å². The highest BCUT2D eigenvalue weighted by atomic mass is 19.1. The van der Waals surface area contributed by atoms with Crippen molar-refractivity contribution in [2.75, 3.05) is 13.1 Å². The molecule has 3 aromatic rings. The number of halogens is 1. The molecule has 1 amide bonds. The molecule has 1 aliphatic heterocycles. The van der Waals surface area contributed by atoms with Crippen molar-refractivity contribution in [2.45, 2.75) is 31.2 Å². The molecule has 1 aromatic carbocycles. The predicted octanol–water partition coefficient (Wildman–Crippen LogP) is 2.43. The van der Waals surface area contributed by atoms with Crippen molar-refractivity contribution < 1.29 is 13.7 Å². The van der Waals surface area contributed by atoms with Gasteiger partial charge in [0.25, 0.3) is 11.8 Å². The van der Waals surface area contributed by atoms with Crippen molar-refractivity contribution in [3.05, 3.63) is 47.7 Å². The van der Waals surface area contributed by atoms with Crippen LogP contribution in [0.25, 0.3) is 11.6 Å². The van der Waals surface area contributed by atoms with E-state index in [0.717, 1.165) is 25.1 Å². The minimum absolute atomic E-state index is 0.0206. The quantitative estimate of drug-likeness (QED) is 0.703. The molecule has 3 heterocycles. The van der Waals surface area contributed by atoms with Crippen molar-refractivity contribution >= 4 is 5.91 Å². The van der Waals surface area contributed by atoms with E-state index in [0.29, 0.717) is 30.6 Å². The molecule has 0 spiro atoms. The molecule has 1 saturated carbocycles. The maximum absolute atomic E-state index is 13.9. The van der Waals surface area contributed by atoms with E-state index in [1.165, 1.54) is 12.1 Å². The van der Waals surface area contributed by atoms with Gasteiger partial charge in [-0.3, -0.25) is 4.79 Å². The number of hydrogen-bond acceptors (Lipinski definition) is 6. The minimum atomic E-state index is -0.503. The second-order valence-corrected chi connectivity index (χ2v) is 6.99. The molecule has 0 N–H and O–H groups in total.